The van der Waals surface area contributed by atoms with Gasteiger partial charge in [-0.25, -0.2) is 0 Å². The Labute approximate surface area is 157 Å². The molecule has 8 heteroatoms. The summed E-state index contributed by atoms with van der Waals surface area (Å²) in [6.07, 6.45) is 1.75. The van der Waals surface area contributed by atoms with E-state index in [1.165, 1.54) is 16.2 Å². The van der Waals surface area contributed by atoms with Gasteiger partial charge >= 0.3 is 0 Å². The van der Waals surface area contributed by atoms with E-state index in [0.29, 0.717) is 31.1 Å². The monoisotopic (exact) mass is 381 g/mol. The summed E-state index contributed by atoms with van der Waals surface area (Å²) in [5, 5.41) is 15.0. The highest BCUT2D eigenvalue weighted by Gasteiger charge is 2.43. The van der Waals surface area contributed by atoms with Crippen LogP contribution in [-0.2, 0) is 21.6 Å². The number of amides is 2. The molecule has 3 rings (SSSR count). The van der Waals surface area contributed by atoms with Gasteiger partial charge in [0.1, 0.15) is 0 Å². The lowest BCUT2D eigenvalue weighted by Crippen LogP contribution is -2.49. The number of ether oxygens (including phenoxy) is 1. The number of aliphatic hydroxyl groups is 1. The molecule has 2 aliphatic heterocycles. The summed E-state index contributed by atoms with van der Waals surface area (Å²) in [7, 11) is 1.77. The van der Waals surface area contributed by atoms with E-state index >= 15 is 0 Å². The molecule has 0 radical (unpaired) electrons. The summed E-state index contributed by atoms with van der Waals surface area (Å²) in [5.41, 5.74) is 0.722. The first-order chi connectivity index (χ1) is 12.4. The van der Waals surface area contributed by atoms with Crippen LogP contribution in [0.15, 0.2) is 6.07 Å². The van der Waals surface area contributed by atoms with Gasteiger partial charge in [0, 0.05) is 30.9 Å². The van der Waals surface area contributed by atoms with Crippen LogP contribution in [0, 0.1) is 0 Å². The number of hydrogen-bond donors (Lipinski definition) is 3. The topological polar surface area (TPSA) is 90.9 Å². The molecule has 0 aliphatic carbocycles. The predicted molar refractivity (Wildman–Crippen MR) is 99.4 cm³/mol. The number of aliphatic hydroxyl groups excluding tert-OH is 1. The largest absolute Gasteiger partial charge is 0.392 e. The molecule has 0 aromatic carbocycles. The van der Waals surface area contributed by atoms with Crippen LogP contribution in [0.5, 0.6) is 0 Å². The first-order valence-corrected chi connectivity index (χ1v) is 9.92. The zero-order chi connectivity index (χ0) is 18.7. The van der Waals surface area contributed by atoms with Crippen molar-refractivity contribution in [2.45, 2.75) is 37.9 Å². The van der Waals surface area contributed by atoms with E-state index in [4.69, 9.17) is 4.74 Å². The summed E-state index contributed by atoms with van der Waals surface area (Å²) in [6.45, 7) is 4.22. The highest BCUT2D eigenvalue weighted by atomic mass is 32.1. The van der Waals surface area contributed by atoms with Crippen molar-refractivity contribution < 1.29 is 19.4 Å². The molecule has 144 valence electrons. The van der Waals surface area contributed by atoms with Crippen molar-refractivity contribution in [2.24, 2.45) is 0 Å². The third-order valence-corrected chi connectivity index (χ3v) is 6.23. The van der Waals surface area contributed by atoms with Crippen LogP contribution in [-0.4, -0.2) is 67.8 Å². The van der Waals surface area contributed by atoms with Crippen molar-refractivity contribution in [1.29, 1.82) is 0 Å². The Morgan fingerprint density at radius 2 is 2.15 bits per heavy atom. The summed E-state index contributed by atoms with van der Waals surface area (Å²) < 4.78 is 6.19. The fourth-order valence-electron chi connectivity index (χ4n) is 3.65. The Morgan fingerprint density at radius 1 is 1.42 bits per heavy atom. The quantitative estimate of drug-likeness (QED) is 0.690. The maximum atomic E-state index is 12.3. The molecule has 2 aliphatic rings. The Hall–Kier alpha value is -1.48. The molecule has 0 saturated carbocycles. The maximum absolute atomic E-state index is 12.3. The highest BCUT2D eigenvalue weighted by Crippen LogP contribution is 2.44. The summed E-state index contributed by atoms with van der Waals surface area (Å²) in [5.74, 6) is -0.0380. The van der Waals surface area contributed by atoms with Gasteiger partial charge in [-0.2, -0.15) is 0 Å². The van der Waals surface area contributed by atoms with Gasteiger partial charge in [0.15, 0.2) is 0 Å². The molecule has 3 N–H and O–H groups in total. The molecule has 1 saturated heterocycles. The van der Waals surface area contributed by atoms with E-state index in [9.17, 15) is 14.7 Å². The minimum absolute atomic E-state index is 0.113. The summed E-state index contributed by atoms with van der Waals surface area (Å²) in [6, 6.07) is 1.95. The molecule has 2 amide bonds. The van der Waals surface area contributed by atoms with Gasteiger partial charge in [0.25, 0.3) is 5.91 Å². The molecule has 1 fully saturated rings. The average molecular weight is 381 g/mol. The minimum Gasteiger partial charge on any atom is -0.392 e. The average Bonchev–Trinajstić information content (AvgIpc) is 3.06. The van der Waals surface area contributed by atoms with Gasteiger partial charge in [0.05, 0.1) is 29.7 Å². The van der Waals surface area contributed by atoms with Gasteiger partial charge in [-0.1, -0.05) is 0 Å². The van der Waals surface area contributed by atoms with E-state index in [1.807, 2.05) is 11.0 Å². The van der Waals surface area contributed by atoms with Crippen molar-refractivity contribution in [2.75, 3.05) is 39.8 Å². The normalized spacial score (nSPS) is 19.9. The van der Waals surface area contributed by atoms with Crippen molar-refractivity contribution in [1.82, 2.24) is 15.5 Å². The van der Waals surface area contributed by atoms with E-state index in [-0.39, 0.29) is 24.0 Å². The fourth-order valence-corrected chi connectivity index (χ4v) is 4.80. The van der Waals surface area contributed by atoms with Crippen LogP contribution in [0.3, 0.4) is 0 Å². The third-order valence-electron chi connectivity index (χ3n) is 5.04. The van der Waals surface area contributed by atoms with Gasteiger partial charge in [-0.15, -0.1) is 11.3 Å². The Kier molecular flexibility index (Phi) is 5.96. The van der Waals surface area contributed by atoms with Gasteiger partial charge in [0.2, 0.25) is 5.91 Å². The number of nitrogens with one attached hydrogen (secondary N) is 2. The first kappa shape index (κ1) is 19.3. The highest BCUT2D eigenvalue weighted by molar-refractivity contribution is 7.14. The minimum atomic E-state index is -0.567. The lowest BCUT2D eigenvalue weighted by atomic mass is 9.82. The number of piperidine rings is 1. The lowest BCUT2D eigenvalue weighted by molar-refractivity contribution is -0.139. The van der Waals surface area contributed by atoms with E-state index in [2.05, 4.69) is 10.6 Å². The smallest absolute Gasteiger partial charge is 0.261 e. The number of likely N-dealkylation sites (tertiary alicyclic amines) is 1. The van der Waals surface area contributed by atoms with E-state index < -0.39 is 6.10 Å². The van der Waals surface area contributed by atoms with Crippen LogP contribution in [0.4, 0.5) is 0 Å². The van der Waals surface area contributed by atoms with Crippen LogP contribution < -0.4 is 10.6 Å². The van der Waals surface area contributed by atoms with Crippen LogP contribution in [0.2, 0.25) is 0 Å². The number of likely N-dealkylation sites (N-methyl/N-ethyl adjacent to an activating group) is 1. The maximum Gasteiger partial charge on any atom is 0.261 e. The fraction of sp³-hybridized carbons (Fsp3) is 0.667. The molecular formula is C18H27N3O4S. The SMILES string of the molecule is CNCC(=O)N1CCC2(CC1)OCCc1sc(C(=O)NCC(C)O)cc12. The van der Waals surface area contributed by atoms with Crippen molar-refractivity contribution in [3.05, 3.63) is 21.4 Å². The van der Waals surface area contributed by atoms with Crippen molar-refractivity contribution in [3.8, 4) is 0 Å². The molecule has 1 atom stereocenters. The van der Waals surface area contributed by atoms with Crippen LogP contribution in [0.25, 0.3) is 0 Å². The van der Waals surface area contributed by atoms with Crippen LogP contribution in [0.1, 0.15) is 39.9 Å². The number of nitrogens with zero attached hydrogens (tertiary/aromatic N) is 1. The first-order valence-electron chi connectivity index (χ1n) is 9.11. The van der Waals surface area contributed by atoms with E-state index in [0.717, 1.165) is 24.8 Å². The second-order valence-corrected chi connectivity index (χ2v) is 8.15. The third kappa shape index (κ3) is 3.93. The molecule has 0 bridgehead atoms. The number of carbonyl (C=O) groups is 2. The van der Waals surface area contributed by atoms with Crippen molar-refractivity contribution in [3.63, 3.8) is 0 Å². The van der Waals surface area contributed by atoms with Gasteiger partial charge in [-0.3, -0.25) is 9.59 Å². The Balaban J connectivity index is 1.73. The van der Waals surface area contributed by atoms with Crippen molar-refractivity contribution >= 4 is 23.2 Å². The van der Waals surface area contributed by atoms with Crippen LogP contribution >= 0.6 is 11.3 Å². The molecule has 7 nitrogen and oxygen atoms in total. The number of hydrogen-bond acceptors (Lipinski definition) is 6. The van der Waals surface area contributed by atoms with E-state index in [1.54, 1.807) is 14.0 Å². The molecule has 1 unspecified atom stereocenters. The summed E-state index contributed by atoms with van der Waals surface area (Å²) in [4.78, 5) is 28.2. The molecule has 1 spiro atoms. The standard InChI is InChI=1S/C18H27N3O4S/c1-12(22)10-20-17(24)15-9-13-14(26-15)3-8-25-18(13)4-6-21(7-5-18)16(23)11-19-2/h9,12,19,22H,3-8,10-11H2,1-2H3,(H,20,24). The molecular weight excluding hydrogens is 354 g/mol. The second-order valence-electron chi connectivity index (χ2n) is 7.01. The predicted octanol–water partition coefficient (Wildman–Crippen LogP) is 0.469. The molecule has 26 heavy (non-hydrogen) atoms. The zero-order valence-electron chi connectivity index (χ0n) is 15.3. The second kappa shape index (κ2) is 8.04. The lowest BCUT2D eigenvalue weighted by Gasteiger charge is -2.44. The molecule has 1 aromatic heterocycles. The Morgan fingerprint density at radius 3 is 2.81 bits per heavy atom. The number of rotatable bonds is 5. The molecule has 3 heterocycles. The molecule has 1 aromatic rings. The summed E-state index contributed by atoms with van der Waals surface area (Å²) >= 11 is 1.51. The Bertz CT molecular complexity index is 665. The number of thiophene rings is 1. The zero-order valence-corrected chi connectivity index (χ0v) is 16.2. The number of fused-ring (bicyclic) bond motifs is 2. The number of carbonyl (C=O) groups excluding carboxylic acids is 2. The van der Waals surface area contributed by atoms with Gasteiger partial charge < -0.3 is 25.4 Å². The van der Waals surface area contributed by atoms with Gasteiger partial charge in [-0.05, 0) is 38.4 Å².